The van der Waals surface area contributed by atoms with Gasteiger partial charge in [-0.1, -0.05) is 13.8 Å². The first-order valence-electron chi connectivity index (χ1n) is 18.7. The van der Waals surface area contributed by atoms with Crippen LogP contribution >= 0.6 is 23.5 Å². The van der Waals surface area contributed by atoms with Crippen LogP contribution in [0.5, 0.6) is 0 Å². The number of hydrogen-bond donors (Lipinski definition) is 0. The number of hydrogen-bond acceptors (Lipinski definition) is 10. The molecule has 52 heavy (non-hydrogen) atoms. The first-order chi connectivity index (χ1) is 24.5. The highest BCUT2D eigenvalue weighted by Gasteiger charge is 2.71. The van der Waals surface area contributed by atoms with Gasteiger partial charge in [-0.3, -0.25) is 0 Å². The highest BCUT2D eigenvalue weighted by Crippen LogP contribution is 2.63. The largest absolute Gasteiger partial charge is 0.456 e. The normalized spacial score (nSPS) is 45.5. The molecule has 12 atom stereocenters. The Morgan fingerprint density at radius 3 is 1.38 bits per heavy atom. The third kappa shape index (κ3) is 6.14. The van der Waals surface area contributed by atoms with Gasteiger partial charge in [-0.25, -0.2) is 19.6 Å². The molecule has 2 aliphatic carbocycles. The number of unbranched alkanes of at least 4 members (excludes halogenated alkanes) is 1. The van der Waals surface area contributed by atoms with Crippen LogP contribution in [0.25, 0.3) is 0 Å². The molecular formula is C36H48F6O8S2. The van der Waals surface area contributed by atoms with E-state index >= 15 is 0 Å². The summed E-state index contributed by atoms with van der Waals surface area (Å²) in [4.78, 5) is 23.6. The Kier molecular flexibility index (Phi) is 9.77. The summed E-state index contributed by atoms with van der Waals surface area (Å²) in [6.45, 7) is 7.57. The maximum absolute atomic E-state index is 14.5. The number of thioether (sulfide) groups is 2. The number of ether oxygens (including phenoxy) is 4. The van der Waals surface area contributed by atoms with Crippen molar-refractivity contribution in [2.75, 3.05) is 23.0 Å². The molecular weight excluding hydrogens is 739 g/mol. The van der Waals surface area contributed by atoms with Gasteiger partial charge in [0.1, 0.15) is 0 Å². The lowest BCUT2D eigenvalue weighted by molar-refractivity contribution is -0.557. The van der Waals surface area contributed by atoms with Crippen LogP contribution in [0.4, 0.5) is 26.3 Å². The van der Waals surface area contributed by atoms with Crippen LogP contribution in [0.2, 0.25) is 0 Å². The molecule has 0 radical (unpaired) electrons. The van der Waals surface area contributed by atoms with Crippen molar-refractivity contribution in [3.8, 4) is 0 Å². The quantitative estimate of drug-likeness (QED) is 0.128. The number of allylic oxidation sites excluding steroid dienone is 2. The first kappa shape index (κ1) is 38.0. The van der Waals surface area contributed by atoms with Crippen LogP contribution in [0.1, 0.15) is 91.9 Å². The van der Waals surface area contributed by atoms with Crippen LogP contribution in [0.3, 0.4) is 0 Å². The summed E-state index contributed by atoms with van der Waals surface area (Å²) in [5, 5.41) is 0. The summed E-state index contributed by atoms with van der Waals surface area (Å²) in [5.41, 5.74) is -1.91. The van der Waals surface area contributed by atoms with Gasteiger partial charge in [0.15, 0.2) is 11.2 Å². The molecule has 0 aromatic rings. The van der Waals surface area contributed by atoms with E-state index in [1.165, 1.54) is 23.5 Å². The Morgan fingerprint density at radius 2 is 1.00 bits per heavy atom. The summed E-state index contributed by atoms with van der Waals surface area (Å²) >= 11 is 2.81. The molecule has 294 valence electrons. The minimum absolute atomic E-state index is 0.0733. The molecule has 0 amide bonds. The van der Waals surface area contributed by atoms with Gasteiger partial charge in [-0.2, -0.15) is 49.9 Å². The van der Waals surface area contributed by atoms with Crippen molar-refractivity contribution < 1.29 is 64.8 Å². The summed E-state index contributed by atoms with van der Waals surface area (Å²) in [7, 11) is 0. The molecule has 0 N–H and O–H groups in total. The molecule has 8 heterocycles. The molecule has 8 fully saturated rings. The van der Waals surface area contributed by atoms with Crippen LogP contribution in [0, 0.1) is 35.5 Å². The van der Waals surface area contributed by atoms with Crippen molar-refractivity contribution in [2.24, 2.45) is 35.5 Å². The Morgan fingerprint density at radius 1 is 0.596 bits per heavy atom. The van der Waals surface area contributed by atoms with Crippen molar-refractivity contribution in [1.82, 2.24) is 0 Å². The fourth-order valence-corrected chi connectivity index (χ4v) is 12.8. The highest BCUT2D eigenvalue weighted by molar-refractivity contribution is 7.99. The molecule has 10 rings (SSSR count). The number of fused-ring (bicyclic) bond motifs is 4. The zero-order chi connectivity index (χ0) is 36.9. The average molecular weight is 787 g/mol. The minimum atomic E-state index is -4.69. The summed E-state index contributed by atoms with van der Waals surface area (Å²) in [5.74, 6) is -3.75. The van der Waals surface area contributed by atoms with Crippen LogP contribution in [-0.2, 0) is 38.5 Å². The van der Waals surface area contributed by atoms with E-state index in [-0.39, 0.29) is 46.3 Å². The zero-order valence-electron chi connectivity index (χ0n) is 29.9. The van der Waals surface area contributed by atoms with E-state index in [2.05, 4.69) is 13.8 Å². The van der Waals surface area contributed by atoms with Crippen molar-refractivity contribution >= 4 is 23.5 Å². The van der Waals surface area contributed by atoms with Gasteiger partial charge in [0.05, 0.1) is 0 Å². The van der Waals surface area contributed by atoms with Gasteiger partial charge in [-0.05, 0) is 99.7 Å². The van der Waals surface area contributed by atoms with Crippen LogP contribution < -0.4 is 0 Å². The van der Waals surface area contributed by atoms with Crippen molar-refractivity contribution in [2.45, 2.75) is 140 Å². The standard InChI is InChI=1S/C36H48F6O8S2/c1-19-7-9-25-21(27(35(37,38)39)43-29-33(25)23(19)11-13-31(3,45-29)47-49-33)17-51-15-5-6-16-52-18-22-26-10-8-20(2)24-12-14-32(4)46-30(34(24,26)50-48-32)44-28(22)36(40,41)42/h19-20,23-26,29-30H,5-18H2,1-4H3/t19-,20-,23?,24?,25+,26+,29-,30-,31-,32-,33-,34-/m1/s1. The molecule has 10 aliphatic rings. The van der Waals surface area contributed by atoms with E-state index in [1.54, 1.807) is 13.8 Å². The Hall–Kier alpha value is -0.880. The summed E-state index contributed by atoms with van der Waals surface area (Å²) < 4.78 is 111. The van der Waals surface area contributed by atoms with Gasteiger partial charge in [0.25, 0.3) is 0 Å². The summed E-state index contributed by atoms with van der Waals surface area (Å²) in [6, 6.07) is 0. The van der Waals surface area contributed by atoms with Gasteiger partial charge < -0.3 is 18.9 Å². The Labute approximate surface area is 308 Å². The Bertz CT molecular complexity index is 1350. The molecule has 2 unspecified atom stereocenters. The Balaban J connectivity index is 0.909. The number of halogens is 6. The second-order valence-electron chi connectivity index (χ2n) is 16.5. The first-order valence-corrected chi connectivity index (χ1v) is 21.0. The van der Waals surface area contributed by atoms with E-state index in [0.29, 0.717) is 62.9 Å². The van der Waals surface area contributed by atoms with E-state index < -0.39 is 71.1 Å². The lowest BCUT2D eigenvalue weighted by Crippen LogP contribution is -2.67. The van der Waals surface area contributed by atoms with Gasteiger partial charge >= 0.3 is 12.4 Å². The molecule has 0 aromatic heterocycles. The van der Waals surface area contributed by atoms with Crippen LogP contribution in [0.15, 0.2) is 22.7 Å². The van der Waals surface area contributed by atoms with E-state index in [4.69, 9.17) is 38.5 Å². The summed E-state index contributed by atoms with van der Waals surface area (Å²) in [6.07, 6.45) is -5.46. The molecule has 8 aliphatic heterocycles. The third-order valence-corrected chi connectivity index (χ3v) is 15.4. The highest BCUT2D eigenvalue weighted by atomic mass is 32.2. The van der Waals surface area contributed by atoms with Crippen molar-refractivity contribution in [3.63, 3.8) is 0 Å². The average Bonchev–Trinajstić information content (AvgIpc) is 3.45. The third-order valence-electron chi connectivity index (χ3n) is 13.2. The predicted molar refractivity (Wildman–Crippen MR) is 178 cm³/mol. The second-order valence-corrected chi connectivity index (χ2v) is 18.7. The molecule has 6 saturated heterocycles. The smallest absolute Gasteiger partial charge is 0.449 e. The zero-order valence-corrected chi connectivity index (χ0v) is 31.5. The SMILES string of the molecule is C[C@@H]1CC[C@H]2C(CSCCCCSCC3=C(C(F)(F)F)O[C@@H]4O[C@@]5(C)CCC6[C@H](C)CC[C@@H]3[C@]64OO5)=C(C(F)(F)F)O[C@@H]3O[C@@]4(C)CCC1[C@]32OO4. The van der Waals surface area contributed by atoms with Gasteiger partial charge in [0, 0.05) is 48.0 Å². The topological polar surface area (TPSA) is 73.8 Å². The van der Waals surface area contributed by atoms with Gasteiger partial charge in [0.2, 0.25) is 35.7 Å². The van der Waals surface area contributed by atoms with Crippen molar-refractivity contribution in [3.05, 3.63) is 22.7 Å². The molecule has 16 heteroatoms. The fourth-order valence-electron chi connectivity index (χ4n) is 10.6. The van der Waals surface area contributed by atoms with Crippen molar-refractivity contribution in [1.29, 1.82) is 0 Å². The maximum atomic E-state index is 14.5. The molecule has 0 aromatic carbocycles. The monoisotopic (exact) mass is 786 g/mol. The fraction of sp³-hybridized carbons (Fsp3) is 0.889. The lowest BCUT2D eigenvalue weighted by Gasteiger charge is -2.57. The lowest BCUT2D eigenvalue weighted by atomic mass is 9.59. The van der Waals surface area contributed by atoms with E-state index in [0.717, 1.165) is 12.8 Å². The molecule has 4 bridgehead atoms. The molecule has 8 nitrogen and oxygen atoms in total. The molecule has 2 spiro atoms. The minimum Gasteiger partial charge on any atom is -0.456 e. The van der Waals surface area contributed by atoms with E-state index in [9.17, 15) is 26.3 Å². The second kappa shape index (κ2) is 13.4. The molecule has 2 saturated carbocycles. The number of rotatable bonds is 9. The van der Waals surface area contributed by atoms with Gasteiger partial charge in [-0.15, -0.1) is 0 Å². The van der Waals surface area contributed by atoms with Crippen LogP contribution in [-0.4, -0.2) is 70.7 Å². The predicted octanol–water partition coefficient (Wildman–Crippen LogP) is 9.36. The number of alkyl halides is 6. The van der Waals surface area contributed by atoms with E-state index in [1.807, 2.05) is 0 Å². The maximum Gasteiger partial charge on any atom is 0.449 e.